The Labute approximate surface area is 222 Å². The zero-order valence-electron chi connectivity index (χ0n) is 21.2. The third-order valence-corrected chi connectivity index (χ3v) is 7.39. The number of rotatable bonds is 6. The molecule has 0 spiro atoms. The van der Waals surface area contributed by atoms with Crippen molar-refractivity contribution in [2.24, 2.45) is 0 Å². The number of carbonyl (C=O) groups is 2. The number of carbonyl (C=O) groups excluding carboxylic acids is 2. The predicted molar refractivity (Wildman–Crippen MR) is 144 cm³/mol. The van der Waals surface area contributed by atoms with E-state index in [0.29, 0.717) is 28.8 Å². The van der Waals surface area contributed by atoms with E-state index < -0.39 is 29.3 Å². The lowest BCUT2D eigenvalue weighted by Gasteiger charge is -2.24. The number of aliphatic hydroxyl groups is 1. The lowest BCUT2D eigenvalue weighted by Crippen LogP contribution is -2.29. The quantitative estimate of drug-likeness (QED) is 0.184. The van der Waals surface area contributed by atoms with Crippen molar-refractivity contribution >= 4 is 44.1 Å². The van der Waals surface area contributed by atoms with Crippen molar-refractivity contribution in [1.29, 1.82) is 0 Å². The molecule has 0 bridgehead atoms. The molecule has 1 amide bonds. The number of ether oxygens (including phenoxy) is 2. The zero-order chi connectivity index (χ0) is 27.1. The summed E-state index contributed by atoms with van der Waals surface area (Å²) in [6.45, 7) is 6.19. The van der Waals surface area contributed by atoms with Crippen molar-refractivity contribution in [3.63, 3.8) is 0 Å². The van der Waals surface area contributed by atoms with Crippen LogP contribution in [-0.2, 0) is 9.59 Å². The van der Waals surface area contributed by atoms with Gasteiger partial charge in [0.15, 0.2) is 16.6 Å². The molecule has 0 saturated carbocycles. The highest BCUT2D eigenvalue weighted by Gasteiger charge is 2.48. The van der Waals surface area contributed by atoms with E-state index in [1.165, 1.54) is 47.6 Å². The van der Waals surface area contributed by atoms with E-state index in [0.717, 1.165) is 21.3 Å². The van der Waals surface area contributed by atoms with Crippen molar-refractivity contribution < 1.29 is 28.6 Å². The Bertz CT molecular complexity index is 1610. The fourth-order valence-corrected chi connectivity index (χ4v) is 5.87. The number of aromatic nitrogens is 1. The van der Waals surface area contributed by atoms with Crippen LogP contribution >= 0.6 is 11.3 Å². The Balaban J connectivity index is 1.75. The number of fused-ring (bicyclic) bond motifs is 1. The number of nitrogens with zero attached hydrogens (tertiary/aromatic N) is 2. The van der Waals surface area contributed by atoms with Crippen molar-refractivity contribution in [1.82, 2.24) is 4.98 Å². The molecule has 1 unspecified atom stereocenters. The maximum atomic E-state index is 13.6. The Hall–Kier alpha value is -4.24. The van der Waals surface area contributed by atoms with Crippen LogP contribution in [0.2, 0.25) is 0 Å². The van der Waals surface area contributed by atoms with Crippen LogP contribution in [0.3, 0.4) is 0 Å². The van der Waals surface area contributed by atoms with Gasteiger partial charge in [0.05, 0.1) is 35.5 Å². The Morgan fingerprint density at radius 1 is 1.08 bits per heavy atom. The fraction of sp³-hybridized carbons (Fsp3) is 0.207. The molecule has 1 aromatic heterocycles. The number of hydrogen-bond acceptors (Lipinski definition) is 7. The number of amides is 1. The second-order valence-corrected chi connectivity index (χ2v) is 9.95. The zero-order valence-corrected chi connectivity index (χ0v) is 22.1. The van der Waals surface area contributed by atoms with Crippen LogP contribution in [0.15, 0.2) is 60.2 Å². The first-order valence-electron chi connectivity index (χ1n) is 12.0. The normalized spacial score (nSPS) is 16.9. The Morgan fingerprint density at radius 2 is 1.82 bits per heavy atom. The van der Waals surface area contributed by atoms with Gasteiger partial charge in [-0.25, -0.2) is 9.37 Å². The molecule has 9 heteroatoms. The monoisotopic (exact) mass is 532 g/mol. The number of aryl methyl sites for hydroxylation is 2. The first-order chi connectivity index (χ1) is 18.2. The minimum Gasteiger partial charge on any atom is -0.507 e. The third kappa shape index (κ3) is 4.28. The van der Waals surface area contributed by atoms with Crippen molar-refractivity contribution in [3.8, 4) is 11.5 Å². The summed E-state index contributed by atoms with van der Waals surface area (Å²) in [6.07, 6.45) is 0. The van der Waals surface area contributed by atoms with Gasteiger partial charge in [0, 0.05) is 5.56 Å². The number of thiazole rings is 1. The molecule has 1 saturated heterocycles. The topological polar surface area (TPSA) is 89.0 Å². The summed E-state index contributed by atoms with van der Waals surface area (Å²) in [5, 5.41) is 11.6. The standard InChI is InChI=1S/C29H25FN2O5S/c1-5-37-20-11-8-18(14-21(20)36-4)25-23(26(33)17-6-9-19(30)10-7-17)27(34)28(35)32(25)29-31-24-16(3)12-15(2)13-22(24)38-29/h6-14,25,33H,5H2,1-4H3. The average molecular weight is 533 g/mol. The van der Waals surface area contributed by atoms with Crippen LogP contribution in [0.25, 0.3) is 16.0 Å². The molecule has 1 fully saturated rings. The van der Waals surface area contributed by atoms with Crippen LogP contribution in [0.1, 0.15) is 35.2 Å². The van der Waals surface area contributed by atoms with E-state index in [1.807, 2.05) is 32.9 Å². The van der Waals surface area contributed by atoms with Gasteiger partial charge in [-0.05, 0) is 79.9 Å². The van der Waals surface area contributed by atoms with E-state index in [2.05, 4.69) is 0 Å². The maximum Gasteiger partial charge on any atom is 0.301 e. The predicted octanol–water partition coefficient (Wildman–Crippen LogP) is 6.09. The molecule has 4 aromatic rings. The third-order valence-electron chi connectivity index (χ3n) is 6.39. The second kappa shape index (κ2) is 9.90. The van der Waals surface area contributed by atoms with Crippen LogP contribution in [0.4, 0.5) is 9.52 Å². The van der Waals surface area contributed by atoms with Gasteiger partial charge in [-0.1, -0.05) is 23.5 Å². The van der Waals surface area contributed by atoms with Crippen LogP contribution in [-0.4, -0.2) is 35.5 Å². The van der Waals surface area contributed by atoms with E-state index >= 15 is 0 Å². The molecule has 0 radical (unpaired) electrons. The van der Waals surface area contributed by atoms with Gasteiger partial charge in [0.25, 0.3) is 5.78 Å². The summed E-state index contributed by atoms with van der Waals surface area (Å²) >= 11 is 1.29. The molecule has 7 nitrogen and oxygen atoms in total. The Kier molecular flexibility index (Phi) is 6.62. The number of Topliss-reactive ketones (excluding diaryl/α,β-unsaturated/α-hetero) is 1. The largest absolute Gasteiger partial charge is 0.507 e. The highest BCUT2D eigenvalue weighted by molar-refractivity contribution is 7.22. The highest BCUT2D eigenvalue weighted by Crippen LogP contribution is 2.46. The molecule has 194 valence electrons. The smallest absolute Gasteiger partial charge is 0.301 e. The van der Waals surface area contributed by atoms with Gasteiger partial charge in [-0.2, -0.15) is 0 Å². The number of halogens is 1. The van der Waals surface area contributed by atoms with E-state index in [-0.39, 0.29) is 11.1 Å². The van der Waals surface area contributed by atoms with Crippen LogP contribution in [0, 0.1) is 19.7 Å². The minimum absolute atomic E-state index is 0.125. The Morgan fingerprint density at radius 3 is 2.50 bits per heavy atom. The molecular weight excluding hydrogens is 507 g/mol. The molecule has 1 aliphatic heterocycles. The molecule has 5 rings (SSSR count). The molecule has 0 aliphatic carbocycles. The molecule has 1 atom stereocenters. The molecule has 1 N–H and O–H groups in total. The average Bonchev–Trinajstić information content (AvgIpc) is 3.43. The first kappa shape index (κ1) is 25.4. The lowest BCUT2D eigenvalue weighted by molar-refractivity contribution is -0.132. The maximum absolute atomic E-state index is 13.6. The van der Waals surface area contributed by atoms with Gasteiger partial charge in [0.1, 0.15) is 11.6 Å². The first-order valence-corrected chi connectivity index (χ1v) is 12.8. The summed E-state index contributed by atoms with van der Waals surface area (Å²) in [5.41, 5.74) is 3.34. The van der Waals surface area contributed by atoms with Gasteiger partial charge >= 0.3 is 5.91 Å². The molecule has 38 heavy (non-hydrogen) atoms. The van der Waals surface area contributed by atoms with Crippen molar-refractivity contribution in [3.05, 3.63) is 88.2 Å². The van der Waals surface area contributed by atoms with Crippen LogP contribution in [0.5, 0.6) is 11.5 Å². The highest BCUT2D eigenvalue weighted by atomic mass is 32.1. The second-order valence-electron chi connectivity index (χ2n) is 8.94. The number of anilines is 1. The van der Waals surface area contributed by atoms with Gasteiger partial charge < -0.3 is 14.6 Å². The van der Waals surface area contributed by atoms with E-state index in [1.54, 1.807) is 18.2 Å². The summed E-state index contributed by atoms with van der Waals surface area (Å²) in [5.74, 6) is -1.67. The van der Waals surface area contributed by atoms with Gasteiger partial charge in [-0.3, -0.25) is 14.5 Å². The van der Waals surface area contributed by atoms with E-state index in [9.17, 15) is 19.1 Å². The lowest BCUT2D eigenvalue weighted by atomic mass is 9.95. The molecule has 1 aliphatic rings. The molecule has 2 heterocycles. The number of benzene rings is 3. The summed E-state index contributed by atoms with van der Waals surface area (Å²) in [4.78, 5) is 33.0. The molecule has 3 aromatic carbocycles. The number of ketones is 1. The van der Waals surface area contributed by atoms with Gasteiger partial charge in [-0.15, -0.1) is 0 Å². The molecular formula is C29H25FN2O5S. The summed E-state index contributed by atoms with van der Waals surface area (Å²) < 4.78 is 25.6. The fourth-order valence-electron chi connectivity index (χ4n) is 4.70. The summed E-state index contributed by atoms with van der Waals surface area (Å²) in [6, 6.07) is 13.1. The van der Waals surface area contributed by atoms with E-state index in [4.69, 9.17) is 14.5 Å². The van der Waals surface area contributed by atoms with Crippen molar-refractivity contribution in [2.45, 2.75) is 26.8 Å². The number of methoxy groups -OCH3 is 1. The number of hydrogen-bond donors (Lipinski definition) is 1. The summed E-state index contributed by atoms with van der Waals surface area (Å²) in [7, 11) is 1.50. The SMILES string of the molecule is CCOc1ccc(C2C(=C(O)c3ccc(F)cc3)C(=O)C(=O)N2c2nc3c(C)cc(C)cc3s2)cc1OC. The van der Waals surface area contributed by atoms with Crippen LogP contribution < -0.4 is 14.4 Å². The van der Waals surface area contributed by atoms with Gasteiger partial charge in [0.2, 0.25) is 0 Å². The number of aliphatic hydroxyl groups excluding tert-OH is 1. The minimum atomic E-state index is -1.01. The van der Waals surface area contributed by atoms with Crippen molar-refractivity contribution in [2.75, 3.05) is 18.6 Å².